The average Bonchev–Trinajstić information content (AvgIpc) is 2.72. The van der Waals surface area contributed by atoms with Crippen molar-refractivity contribution in [3.63, 3.8) is 0 Å². The molecule has 0 aromatic heterocycles. The van der Waals surface area contributed by atoms with Crippen LogP contribution in [0.5, 0.6) is 0 Å². The van der Waals surface area contributed by atoms with E-state index in [2.05, 4.69) is 17.5 Å². The molecule has 17 heavy (non-hydrogen) atoms. The lowest BCUT2D eigenvalue weighted by Crippen LogP contribution is -2.49. The van der Waals surface area contributed by atoms with E-state index < -0.39 is 0 Å². The molecule has 0 amide bonds. The maximum Gasteiger partial charge on any atom is 0.0914 e. The number of rotatable bonds is 4. The van der Waals surface area contributed by atoms with E-state index in [-0.39, 0.29) is 6.10 Å². The highest BCUT2D eigenvalue weighted by atomic mass is 16.3. The van der Waals surface area contributed by atoms with E-state index in [1.54, 1.807) is 0 Å². The standard InChI is InChI=1S/C15H19NO/c17-15(11-5-2-1-3-6-11)10-16-14-9-12-7-4-8-13(12)14/h1-6,8,12-17H,7,9-10H2. The molecule has 1 aromatic carbocycles. The Morgan fingerprint density at radius 1 is 1.29 bits per heavy atom. The first-order valence-electron chi connectivity index (χ1n) is 6.47. The van der Waals surface area contributed by atoms with Gasteiger partial charge in [-0.25, -0.2) is 0 Å². The molecule has 0 spiro atoms. The molecule has 1 fully saturated rings. The molecule has 0 saturated heterocycles. The molecule has 4 unspecified atom stereocenters. The summed E-state index contributed by atoms with van der Waals surface area (Å²) in [6, 6.07) is 10.5. The van der Waals surface area contributed by atoms with E-state index in [0.29, 0.717) is 12.6 Å². The fourth-order valence-electron chi connectivity index (χ4n) is 3.00. The van der Waals surface area contributed by atoms with E-state index in [1.807, 2.05) is 30.3 Å². The fourth-order valence-corrected chi connectivity index (χ4v) is 3.00. The van der Waals surface area contributed by atoms with Crippen LogP contribution in [0.1, 0.15) is 24.5 Å². The van der Waals surface area contributed by atoms with Gasteiger partial charge in [-0.05, 0) is 30.2 Å². The van der Waals surface area contributed by atoms with Gasteiger partial charge < -0.3 is 10.4 Å². The molecule has 2 nitrogen and oxygen atoms in total. The van der Waals surface area contributed by atoms with Crippen molar-refractivity contribution in [3.8, 4) is 0 Å². The van der Waals surface area contributed by atoms with Crippen molar-refractivity contribution in [2.45, 2.75) is 25.0 Å². The van der Waals surface area contributed by atoms with Gasteiger partial charge in [-0.3, -0.25) is 0 Å². The molecule has 4 atom stereocenters. The van der Waals surface area contributed by atoms with Crippen LogP contribution in [0.25, 0.3) is 0 Å². The van der Waals surface area contributed by atoms with Crippen LogP contribution in [0.2, 0.25) is 0 Å². The lowest BCUT2D eigenvalue weighted by Gasteiger charge is -2.41. The Labute approximate surface area is 102 Å². The number of aliphatic hydroxyl groups is 1. The van der Waals surface area contributed by atoms with Gasteiger partial charge in [0.25, 0.3) is 0 Å². The van der Waals surface area contributed by atoms with Crippen LogP contribution in [-0.4, -0.2) is 17.7 Å². The van der Waals surface area contributed by atoms with Crippen LogP contribution >= 0.6 is 0 Å². The van der Waals surface area contributed by atoms with Crippen molar-refractivity contribution in [1.29, 1.82) is 0 Å². The number of benzene rings is 1. The van der Waals surface area contributed by atoms with Gasteiger partial charge in [0.05, 0.1) is 6.10 Å². The molecule has 1 saturated carbocycles. The molecule has 2 aliphatic carbocycles. The SMILES string of the molecule is OC(CNC1CC2CC=CC21)c1ccccc1. The molecule has 2 heteroatoms. The monoisotopic (exact) mass is 229 g/mol. The van der Waals surface area contributed by atoms with Gasteiger partial charge in [-0.2, -0.15) is 0 Å². The summed E-state index contributed by atoms with van der Waals surface area (Å²) in [7, 11) is 0. The quantitative estimate of drug-likeness (QED) is 0.776. The molecule has 1 aromatic rings. The summed E-state index contributed by atoms with van der Waals surface area (Å²) in [6.45, 7) is 0.658. The third-order valence-corrected chi connectivity index (χ3v) is 4.12. The number of hydrogen-bond donors (Lipinski definition) is 2. The first-order valence-corrected chi connectivity index (χ1v) is 6.47. The molecular formula is C15H19NO. The second-order valence-corrected chi connectivity index (χ2v) is 5.18. The number of hydrogen-bond acceptors (Lipinski definition) is 2. The summed E-state index contributed by atoms with van der Waals surface area (Å²) < 4.78 is 0. The second-order valence-electron chi connectivity index (χ2n) is 5.18. The largest absolute Gasteiger partial charge is 0.387 e. The van der Waals surface area contributed by atoms with Crippen LogP contribution in [0.3, 0.4) is 0 Å². The fraction of sp³-hybridized carbons (Fsp3) is 0.467. The van der Waals surface area contributed by atoms with Crippen molar-refractivity contribution in [2.24, 2.45) is 11.8 Å². The molecule has 2 N–H and O–H groups in total. The number of fused-ring (bicyclic) bond motifs is 1. The minimum Gasteiger partial charge on any atom is -0.387 e. The Hall–Kier alpha value is -1.12. The molecule has 0 aliphatic heterocycles. The van der Waals surface area contributed by atoms with Crippen LogP contribution in [0.4, 0.5) is 0 Å². The number of nitrogens with one attached hydrogen (secondary N) is 1. The summed E-state index contributed by atoms with van der Waals surface area (Å²) in [6.07, 6.45) is 6.76. The zero-order valence-electron chi connectivity index (χ0n) is 9.92. The van der Waals surface area contributed by atoms with E-state index in [4.69, 9.17) is 0 Å². The minimum atomic E-state index is -0.388. The zero-order chi connectivity index (χ0) is 11.7. The highest BCUT2D eigenvalue weighted by molar-refractivity contribution is 5.18. The highest BCUT2D eigenvalue weighted by Gasteiger charge is 2.40. The summed E-state index contributed by atoms with van der Waals surface area (Å²) in [5.74, 6) is 1.60. The Morgan fingerprint density at radius 3 is 2.88 bits per heavy atom. The maximum atomic E-state index is 10.0. The Kier molecular flexibility index (Phi) is 3.00. The molecule has 0 bridgehead atoms. The van der Waals surface area contributed by atoms with Crippen LogP contribution in [-0.2, 0) is 0 Å². The summed E-state index contributed by atoms with van der Waals surface area (Å²) in [4.78, 5) is 0. The normalized spacial score (nSPS) is 31.9. The Balaban J connectivity index is 1.50. The third-order valence-electron chi connectivity index (χ3n) is 4.12. The van der Waals surface area contributed by atoms with E-state index in [9.17, 15) is 5.11 Å². The average molecular weight is 229 g/mol. The maximum absolute atomic E-state index is 10.0. The number of aliphatic hydroxyl groups excluding tert-OH is 1. The van der Waals surface area contributed by atoms with Crippen LogP contribution in [0.15, 0.2) is 42.5 Å². The van der Waals surface area contributed by atoms with E-state index in [1.165, 1.54) is 12.8 Å². The van der Waals surface area contributed by atoms with Gasteiger partial charge in [0.1, 0.15) is 0 Å². The van der Waals surface area contributed by atoms with Crippen molar-refractivity contribution in [1.82, 2.24) is 5.32 Å². The summed E-state index contributed by atoms with van der Waals surface area (Å²) in [5.41, 5.74) is 0.998. The van der Waals surface area contributed by atoms with Gasteiger partial charge in [-0.15, -0.1) is 0 Å². The first-order chi connectivity index (χ1) is 8.34. The molecule has 90 valence electrons. The number of allylic oxidation sites excluding steroid dienone is 1. The van der Waals surface area contributed by atoms with Crippen molar-refractivity contribution in [3.05, 3.63) is 48.0 Å². The van der Waals surface area contributed by atoms with Gasteiger partial charge in [-0.1, -0.05) is 42.5 Å². The Morgan fingerprint density at radius 2 is 2.12 bits per heavy atom. The summed E-state index contributed by atoms with van der Waals surface area (Å²) in [5, 5.41) is 13.5. The van der Waals surface area contributed by atoms with E-state index >= 15 is 0 Å². The summed E-state index contributed by atoms with van der Waals surface area (Å²) >= 11 is 0. The molecule has 0 heterocycles. The lowest BCUT2D eigenvalue weighted by atomic mass is 9.71. The lowest BCUT2D eigenvalue weighted by molar-refractivity contribution is 0.122. The van der Waals surface area contributed by atoms with Crippen molar-refractivity contribution < 1.29 is 5.11 Å². The highest BCUT2D eigenvalue weighted by Crippen LogP contribution is 2.42. The molecule has 2 aliphatic rings. The van der Waals surface area contributed by atoms with Gasteiger partial charge in [0.15, 0.2) is 0 Å². The first kappa shape index (κ1) is 11.0. The zero-order valence-corrected chi connectivity index (χ0v) is 9.92. The van der Waals surface area contributed by atoms with Crippen molar-refractivity contribution in [2.75, 3.05) is 6.54 Å². The van der Waals surface area contributed by atoms with E-state index in [0.717, 1.165) is 17.4 Å². The molecule has 3 rings (SSSR count). The topological polar surface area (TPSA) is 32.3 Å². The minimum absolute atomic E-state index is 0.388. The van der Waals surface area contributed by atoms with Gasteiger partial charge in [0.2, 0.25) is 0 Å². The van der Waals surface area contributed by atoms with Crippen LogP contribution < -0.4 is 5.32 Å². The molecular weight excluding hydrogens is 210 g/mol. The Bertz CT molecular complexity index is 401. The van der Waals surface area contributed by atoms with Crippen molar-refractivity contribution >= 4 is 0 Å². The van der Waals surface area contributed by atoms with Gasteiger partial charge in [0, 0.05) is 12.6 Å². The predicted octanol–water partition coefficient (Wildman–Crippen LogP) is 2.27. The predicted molar refractivity (Wildman–Crippen MR) is 68.5 cm³/mol. The molecule has 0 radical (unpaired) electrons. The third kappa shape index (κ3) is 2.15. The van der Waals surface area contributed by atoms with Gasteiger partial charge >= 0.3 is 0 Å². The smallest absolute Gasteiger partial charge is 0.0914 e. The van der Waals surface area contributed by atoms with Crippen LogP contribution in [0, 0.1) is 11.8 Å². The second kappa shape index (κ2) is 4.63.